The van der Waals surface area contributed by atoms with Gasteiger partial charge in [0.15, 0.2) is 0 Å². The number of rotatable bonds is 7. The third-order valence-electron chi connectivity index (χ3n) is 4.62. The summed E-state index contributed by atoms with van der Waals surface area (Å²) in [6, 6.07) is 20.0. The number of carbonyl (C=O) groups is 2. The Morgan fingerprint density at radius 1 is 0.839 bits per heavy atom. The van der Waals surface area contributed by atoms with E-state index in [1.165, 1.54) is 24.3 Å². The van der Waals surface area contributed by atoms with Crippen LogP contribution in [-0.4, -0.2) is 17.1 Å². The molecule has 3 aromatic carbocycles. The average molecular weight is 437 g/mol. The Balaban J connectivity index is 1.64. The lowest BCUT2D eigenvalue weighted by Crippen LogP contribution is -2.27. The second kappa shape index (κ2) is 10.3. The van der Waals surface area contributed by atoms with E-state index in [1.807, 2.05) is 43.3 Å². The Hall–Kier alpha value is -3.12. The van der Waals surface area contributed by atoms with Crippen molar-refractivity contribution < 1.29 is 14.0 Å². The van der Waals surface area contributed by atoms with Gasteiger partial charge in [0.2, 0.25) is 0 Å². The smallest absolute Gasteiger partial charge is 0.255 e. The number of amides is 2. The van der Waals surface area contributed by atoms with Gasteiger partial charge in [-0.2, -0.15) is 0 Å². The van der Waals surface area contributed by atoms with Gasteiger partial charge in [-0.05, 0) is 61.0 Å². The van der Waals surface area contributed by atoms with E-state index in [9.17, 15) is 14.0 Å². The summed E-state index contributed by atoms with van der Waals surface area (Å²) >= 11 is 1.66. The van der Waals surface area contributed by atoms with Crippen molar-refractivity contribution in [1.82, 2.24) is 5.32 Å². The highest BCUT2D eigenvalue weighted by Gasteiger charge is 2.16. The van der Waals surface area contributed by atoms with Crippen molar-refractivity contribution in [3.05, 3.63) is 95.3 Å². The van der Waals surface area contributed by atoms with Crippen LogP contribution >= 0.6 is 11.8 Å². The molecule has 0 saturated heterocycles. The molecule has 0 aromatic heterocycles. The highest BCUT2D eigenvalue weighted by Crippen LogP contribution is 2.27. The summed E-state index contributed by atoms with van der Waals surface area (Å²) in [5, 5.41) is 6.21. The van der Waals surface area contributed by atoms with E-state index in [4.69, 9.17) is 0 Å². The second-order valence-electron chi connectivity index (χ2n) is 7.44. The molecule has 3 rings (SSSR count). The Bertz CT molecular complexity index is 1050. The molecule has 0 radical (unpaired) electrons. The van der Waals surface area contributed by atoms with Crippen molar-refractivity contribution in [2.75, 3.05) is 5.32 Å². The van der Waals surface area contributed by atoms with E-state index in [-0.39, 0.29) is 23.7 Å². The van der Waals surface area contributed by atoms with Gasteiger partial charge in [-0.25, -0.2) is 4.39 Å². The van der Waals surface area contributed by atoms with Gasteiger partial charge in [-0.3, -0.25) is 9.59 Å². The quantitative estimate of drug-likeness (QED) is 0.442. The first-order valence-corrected chi connectivity index (χ1v) is 10.9. The van der Waals surface area contributed by atoms with Crippen molar-refractivity contribution >= 4 is 29.3 Å². The lowest BCUT2D eigenvalue weighted by atomic mass is 10.1. The predicted molar refractivity (Wildman–Crippen MR) is 124 cm³/mol. The van der Waals surface area contributed by atoms with Crippen molar-refractivity contribution in [2.24, 2.45) is 0 Å². The minimum atomic E-state index is -0.387. The minimum absolute atomic E-state index is 0.120. The Kier molecular flexibility index (Phi) is 7.47. The van der Waals surface area contributed by atoms with Crippen LogP contribution < -0.4 is 10.6 Å². The van der Waals surface area contributed by atoms with Crippen molar-refractivity contribution in [3.63, 3.8) is 0 Å². The van der Waals surface area contributed by atoms with Crippen LogP contribution in [0.25, 0.3) is 0 Å². The van der Waals surface area contributed by atoms with Gasteiger partial charge in [0.1, 0.15) is 5.82 Å². The van der Waals surface area contributed by atoms with Crippen LogP contribution in [0.5, 0.6) is 0 Å². The van der Waals surface area contributed by atoms with Gasteiger partial charge < -0.3 is 10.6 Å². The van der Waals surface area contributed by atoms with Crippen molar-refractivity contribution in [3.8, 4) is 0 Å². The van der Waals surface area contributed by atoms with Crippen LogP contribution in [0.15, 0.2) is 77.7 Å². The first-order valence-electron chi connectivity index (χ1n) is 10.1. The molecule has 0 aliphatic carbocycles. The summed E-state index contributed by atoms with van der Waals surface area (Å²) < 4.78 is 13.0. The van der Waals surface area contributed by atoms with Crippen LogP contribution in [-0.2, 0) is 0 Å². The third-order valence-corrected chi connectivity index (χ3v) is 5.70. The normalized spacial score (nSPS) is 11.8. The number of hydrogen-bond donors (Lipinski definition) is 2. The molecule has 1 atom stereocenters. The number of benzene rings is 3. The molecule has 6 heteroatoms. The van der Waals surface area contributed by atoms with Crippen LogP contribution in [0.4, 0.5) is 10.1 Å². The molecule has 2 N–H and O–H groups in total. The van der Waals surface area contributed by atoms with Gasteiger partial charge in [-0.15, -0.1) is 11.8 Å². The molecule has 1 unspecified atom stereocenters. The molecule has 4 nitrogen and oxygen atoms in total. The van der Waals surface area contributed by atoms with Crippen LogP contribution in [0, 0.1) is 5.82 Å². The summed E-state index contributed by atoms with van der Waals surface area (Å²) in [6.07, 6.45) is 0. The topological polar surface area (TPSA) is 58.2 Å². The van der Waals surface area contributed by atoms with E-state index in [2.05, 4.69) is 24.5 Å². The van der Waals surface area contributed by atoms with Gasteiger partial charge in [0.05, 0.1) is 11.6 Å². The number of nitrogens with one attached hydrogen (secondary N) is 2. The molecule has 0 aliphatic rings. The molecule has 0 bridgehead atoms. The minimum Gasteiger partial charge on any atom is -0.345 e. The molecule has 0 spiro atoms. The van der Waals surface area contributed by atoms with Gasteiger partial charge in [0, 0.05) is 21.4 Å². The van der Waals surface area contributed by atoms with Crippen LogP contribution in [0.1, 0.15) is 53.1 Å². The summed E-state index contributed by atoms with van der Waals surface area (Å²) in [6.45, 7) is 6.11. The highest BCUT2D eigenvalue weighted by molar-refractivity contribution is 8.00. The van der Waals surface area contributed by atoms with E-state index < -0.39 is 0 Å². The Morgan fingerprint density at radius 3 is 2.13 bits per heavy atom. The number of thioether (sulfide) groups is 1. The molecular formula is C25H25FN2O2S. The molecule has 3 aromatic rings. The maximum Gasteiger partial charge on any atom is 0.255 e. The summed E-state index contributed by atoms with van der Waals surface area (Å²) in [5.41, 5.74) is 2.58. The fraction of sp³-hybridized carbons (Fsp3) is 0.200. The molecule has 160 valence electrons. The van der Waals surface area contributed by atoms with E-state index in [0.29, 0.717) is 22.1 Å². The van der Waals surface area contributed by atoms with Gasteiger partial charge in [-0.1, -0.05) is 38.1 Å². The number of carbonyl (C=O) groups excluding carboxylic acids is 2. The Labute approximate surface area is 186 Å². The number of hydrogen-bond acceptors (Lipinski definition) is 3. The third kappa shape index (κ3) is 6.18. The zero-order valence-electron chi connectivity index (χ0n) is 17.7. The molecule has 2 amide bonds. The monoisotopic (exact) mass is 436 g/mol. The van der Waals surface area contributed by atoms with Crippen molar-refractivity contribution in [1.29, 1.82) is 0 Å². The zero-order valence-corrected chi connectivity index (χ0v) is 18.5. The summed E-state index contributed by atoms with van der Waals surface area (Å²) in [5.74, 6) is -0.819. The second-order valence-corrected chi connectivity index (χ2v) is 9.06. The van der Waals surface area contributed by atoms with Crippen LogP contribution in [0.2, 0.25) is 0 Å². The first-order chi connectivity index (χ1) is 14.8. The lowest BCUT2D eigenvalue weighted by molar-refractivity contribution is 0.0936. The first kappa shape index (κ1) is 22.6. The largest absolute Gasteiger partial charge is 0.345 e. The number of anilines is 1. The fourth-order valence-corrected chi connectivity index (χ4v) is 3.98. The molecule has 31 heavy (non-hydrogen) atoms. The lowest BCUT2D eigenvalue weighted by Gasteiger charge is -2.17. The molecular weight excluding hydrogens is 411 g/mol. The molecule has 0 heterocycles. The van der Waals surface area contributed by atoms with Crippen LogP contribution in [0.3, 0.4) is 0 Å². The zero-order chi connectivity index (χ0) is 22.4. The summed E-state index contributed by atoms with van der Waals surface area (Å²) in [7, 11) is 0. The van der Waals surface area contributed by atoms with E-state index in [1.54, 1.807) is 23.9 Å². The van der Waals surface area contributed by atoms with Gasteiger partial charge in [0.25, 0.3) is 11.8 Å². The highest BCUT2D eigenvalue weighted by atomic mass is 32.2. The molecule has 0 saturated carbocycles. The summed E-state index contributed by atoms with van der Waals surface area (Å²) in [4.78, 5) is 26.0. The molecule has 0 fully saturated rings. The maximum atomic E-state index is 13.0. The Morgan fingerprint density at radius 2 is 1.48 bits per heavy atom. The van der Waals surface area contributed by atoms with E-state index >= 15 is 0 Å². The standard InChI is InChI=1S/C25H25FN2O2S/c1-16(2)31-23-7-5-4-6-22(23)25(30)27-17(3)18-10-14-21(15-11-18)28-24(29)19-8-12-20(26)13-9-19/h4-17H,1-3H3,(H,27,30)(H,28,29). The number of halogens is 1. The van der Waals surface area contributed by atoms with E-state index in [0.717, 1.165) is 10.5 Å². The maximum absolute atomic E-state index is 13.0. The van der Waals surface area contributed by atoms with Crippen molar-refractivity contribution in [2.45, 2.75) is 37.0 Å². The average Bonchev–Trinajstić information content (AvgIpc) is 2.74. The van der Waals surface area contributed by atoms with Gasteiger partial charge >= 0.3 is 0 Å². The SMILES string of the molecule is CC(C)Sc1ccccc1C(=O)NC(C)c1ccc(NC(=O)c2ccc(F)cc2)cc1. The molecule has 0 aliphatic heterocycles. The fourth-order valence-electron chi connectivity index (χ4n) is 3.03. The predicted octanol–water partition coefficient (Wildman–Crippen LogP) is 6.07.